The van der Waals surface area contributed by atoms with Crippen molar-refractivity contribution in [3.8, 4) is 5.69 Å². The van der Waals surface area contributed by atoms with Crippen LogP contribution in [0.1, 0.15) is 34.6 Å². The Morgan fingerprint density at radius 1 is 1.13 bits per heavy atom. The highest BCUT2D eigenvalue weighted by molar-refractivity contribution is 7.98. The third-order valence-corrected chi connectivity index (χ3v) is 5.25. The lowest BCUT2D eigenvalue weighted by Gasteiger charge is -2.12. The number of aromatic nitrogens is 4. The van der Waals surface area contributed by atoms with E-state index >= 15 is 0 Å². The Bertz CT molecular complexity index is 1090. The first-order valence-corrected chi connectivity index (χ1v) is 10.7. The fraction of sp³-hybridized carbons (Fsp3) is 0.333. The van der Waals surface area contributed by atoms with Gasteiger partial charge in [0.25, 0.3) is 0 Å². The zero-order chi connectivity index (χ0) is 22.8. The van der Waals surface area contributed by atoms with Gasteiger partial charge in [-0.3, -0.25) is 4.79 Å². The van der Waals surface area contributed by atoms with Gasteiger partial charge in [-0.05, 0) is 57.2 Å². The molecule has 2 aromatic heterocycles. The number of alkyl halides is 3. The van der Waals surface area contributed by atoms with Gasteiger partial charge in [-0.2, -0.15) is 18.3 Å². The van der Waals surface area contributed by atoms with Crippen LogP contribution in [0.3, 0.4) is 0 Å². The SMILES string of the molecule is CSc1nc(C)c(CCC(=O)Nc2cc(C)nn2-c2cccc(C(F)(F)F)c2)c(C)n1. The molecular weight excluding hydrogens is 427 g/mol. The summed E-state index contributed by atoms with van der Waals surface area (Å²) in [6.45, 7) is 5.47. The van der Waals surface area contributed by atoms with Crippen LogP contribution in [0.25, 0.3) is 5.69 Å². The third kappa shape index (κ3) is 5.43. The number of rotatable bonds is 6. The van der Waals surface area contributed by atoms with E-state index in [9.17, 15) is 18.0 Å². The summed E-state index contributed by atoms with van der Waals surface area (Å²) in [5.41, 5.74) is 2.57. The number of carbonyl (C=O) groups is 1. The molecule has 31 heavy (non-hydrogen) atoms. The zero-order valence-electron chi connectivity index (χ0n) is 17.5. The Hall–Kier alpha value is -2.88. The highest BCUT2D eigenvalue weighted by atomic mass is 32.2. The predicted molar refractivity (Wildman–Crippen MR) is 114 cm³/mol. The highest BCUT2D eigenvalue weighted by Crippen LogP contribution is 2.31. The highest BCUT2D eigenvalue weighted by Gasteiger charge is 2.30. The van der Waals surface area contributed by atoms with Crippen molar-refractivity contribution in [2.75, 3.05) is 11.6 Å². The van der Waals surface area contributed by atoms with E-state index in [1.165, 1.54) is 28.6 Å². The van der Waals surface area contributed by atoms with Crippen LogP contribution in [-0.2, 0) is 17.4 Å². The van der Waals surface area contributed by atoms with Crippen molar-refractivity contribution in [2.24, 2.45) is 0 Å². The quantitative estimate of drug-likeness (QED) is 0.428. The summed E-state index contributed by atoms with van der Waals surface area (Å²) in [6, 6.07) is 6.43. The molecule has 6 nitrogen and oxygen atoms in total. The van der Waals surface area contributed by atoms with Gasteiger partial charge in [0.05, 0.1) is 16.9 Å². The molecule has 164 valence electrons. The number of amides is 1. The Balaban J connectivity index is 1.77. The van der Waals surface area contributed by atoms with E-state index in [1.807, 2.05) is 20.1 Å². The van der Waals surface area contributed by atoms with Crippen LogP contribution in [0.4, 0.5) is 19.0 Å². The standard InChI is InChI=1S/C21H22F3N5OS/c1-12-10-18(29(28-12)16-7-5-6-15(11-16)21(22,23)24)27-19(30)9-8-17-13(2)25-20(31-4)26-14(17)3/h5-7,10-11H,8-9H2,1-4H3,(H,27,30). The van der Waals surface area contributed by atoms with Crippen LogP contribution in [0.15, 0.2) is 35.5 Å². The number of halogens is 3. The van der Waals surface area contributed by atoms with E-state index in [4.69, 9.17) is 0 Å². The monoisotopic (exact) mass is 449 g/mol. The van der Waals surface area contributed by atoms with Crippen LogP contribution >= 0.6 is 11.8 Å². The minimum absolute atomic E-state index is 0.177. The molecule has 0 saturated heterocycles. The van der Waals surface area contributed by atoms with Gasteiger partial charge in [0.1, 0.15) is 5.82 Å². The Morgan fingerprint density at radius 2 is 1.81 bits per heavy atom. The first-order valence-electron chi connectivity index (χ1n) is 9.50. The molecule has 0 radical (unpaired) electrons. The average Bonchev–Trinajstić information content (AvgIpc) is 3.06. The largest absolute Gasteiger partial charge is 0.416 e. The average molecular weight is 450 g/mol. The van der Waals surface area contributed by atoms with E-state index in [-0.39, 0.29) is 18.0 Å². The maximum absolute atomic E-state index is 13.1. The number of anilines is 1. The fourth-order valence-corrected chi connectivity index (χ4v) is 3.66. The number of nitrogens with zero attached hydrogens (tertiary/aromatic N) is 4. The van der Waals surface area contributed by atoms with E-state index in [2.05, 4.69) is 20.4 Å². The van der Waals surface area contributed by atoms with Gasteiger partial charge in [-0.25, -0.2) is 14.6 Å². The lowest BCUT2D eigenvalue weighted by Crippen LogP contribution is -2.16. The number of benzene rings is 1. The van der Waals surface area contributed by atoms with E-state index in [0.717, 1.165) is 29.1 Å². The van der Waals surface area contributed by atoms with Gasteiger partial charge in [-0.15, -0.1) is 0 Å². The molecule has 0 aliphatic rings. The van der Waals surface area contributed by atoms with Crippen molar-refractivity contribution in [2.45, 2.75) is 44.9 Å². The number of thioether (sulfide) groups is 1. The molecule has 1 amide bonds. The summed E-state index contributed by atoms with van der Waals surface area (Å²) in [5, 5.41) is 7.67. The maximum Gasteiger partial charge on any atom is 0.416 e. The predicted octanol–water partition coefficient (Wildman–Crippen LogP) is 4.90. The molecule has 0 saturated carbocycles. The number of carbonyl (C=O) groups excluding carboxylic acids is 1. The maximum atomic E-state index is 13.1. The molecular formula is C21H22F3N5OS. The van der Waals surface area contributed by atoms with Crippen molar-refractivity contribution in [3.63, 3.8) is 0 Å². The van der Waals surface area contributed by atoms with Crippen LogP contribution < -0.4 is 5.32 Å². The van der Waals surface area contributed by atoms with Crippen molar-refractivity contribution in [1.29, 1.82) is 0 Å². The number of hydrogen-bond donors (Lipinski definition) is 1. The second-order valence-corrected chi connectivity index (χ2v) is 7.81. The lowest BCUT2D eigenvalue weighted by molar-refractivity contribution is -0.137. The summed E-state index contributed by atoms with van der Waals surface area (Å²) in [4.78, 5) is 21.4. The second-order valence-electron chi connectivity index (χ2n) is 7.04. The molecule has 3 aromatic rings. The molecule has 0 spiro atoms. The summed E-state index contributed by atoms with van der Waals surface area (Å²) >= 11 is 1.45. The number of hydrogen-bond acceptors (Lipinski definition) is 5. The van der Waals surface area contributed by atoms with E-state index in [0.29, 0.717) is 23.1 Å². The van der Waals surface area contributed by atoms with Crippen molar-refractivity contribution < 1.29 is 18.0 Å². The molecule has 0 aliphatic heterocycles. The molecule has 0 fully saturated rings. The van der Waals surface area contributed by atoms with Gasteiger partial charge in [-0.1, -0.05) is 17.8 Å². The van der Waals surface area contributed by atoms with E-state index in [1.54, 1.807) is 13.0 Å². The molecule has 0 atom stereocenters. The van der Waals surface area contributed by atoms with Gasteiger partial charge in [0, 0.05) is 23.9 Å². The van der Waals surface area contributed by atoms with Crippen LogP contribution in [0.2, 0.25) is 0 Å². The lowest BCUT2D eigenvalue weighted by atomic mass is 10.1. The second kappa shape index (κ2) is 9.09. The molecule has 2 heterocycles. The van der Waals surface area contributed by atoms with Gasteiger partial charge < -0.3 is 5.32 Å². The minimum atomic E-state index is -4.47. The van der Waals surface area contributed by atoms with Crippen molar-refractivity contribution >= 4 is 23.5 Å². The Labute approximate surface area is 182 Å². The number of nitrogens with one attached hydrogen (secondary N) is 1. The van der Waals surface area contributed by atoms with Crippen molar-refractivity contribution in [1.82, 2.24) is 19.7 Å². The summed E-state index contributed by atoms with van der Waals surface area (Å²) < 4.78 is 40.5. The summed E-state index contributed by atoms with van der Waals surface area (Å²) in [7, 11) is 0. The Kier molecular flexibility index (Phi) is 6.68. The fourth-order valence-electron chi connectivity index (χ4n) is 3.20. The van der Waals surface area contributed by atoms with Crippen LogP contribution in [-0.4, -0.2) is 31.9 Å². The molecule has 0 unspecified atom stereocenters. The Morgan fingerprint density at radius 3 is 2.42 bits per heavy atom. The normalized spacial score (nSPS) is 11.6. The molecule has 1 aromatic carbocycles. The molecule has 3 rings (SSSR count). The first-order chi connectivity index (χ1) is 14.6. The van der Waals surface area contributed by atoms with Crippen LogP contribution in [0, 0.1) is 20.8 Å². The smallest absolute Gasteiger partial charge is 0.311 e. The van der Waals surface area contributed by atoms with E-state index < -0.39 is 11.7 Å². The van der Waals surface area contributed by atoms with Crippen molar-refractivity contribution in [3.05, 3.63) is 58.5 Å². The summed E-state index contributed by atoms with van der Waals surface area (Å²) in [5.74, 6) is 0.0325. The van der Waals surface area contributed by atoms with Gasteiger partial charge in [0.2, 0.25) is 5.91 Å². The minimum Gasteiger partial charge on any atom is -0.311 e. The summed E-state index contributed by atoms with van der Waals surface area (Å²) in [6.07, 6.45) is -1.94. The molecule has 0 aliphatic carbocycles. The third-order valence-electron chi connectivity index (χ3n) is 4.70. The molecule has 10 heteroatoms. The number of aryl methyl sites for hydroxylation is 3. The molecule has 1 N–H and O–H groups in total. The van der Waals surface area contributed by atoms with Gasteiger partial charge >= 0.3 is 6.18 Å². The topological polar surface area (TPSA) is 72.7 Å². The first kappa shape index (κ1) is 22.8. The molecule has 0 bridgehead atoms. The van der Waals surface area contributed by atoms with Gasteiger partial charge in [0.15, 0.2) is 5.16 Å². The zero-order valence-corrected chi connectivity index (χ0v) is 18.4. The van der Waals surface area contributed by atoms with Crippen LogP contribution in [0.5, 0.6) is 0 Å².